The van der Waals surface area contributed by atoms with Crippen molar-refractivity contribution in [1.82, 2.24) is 19.5 Å². The largest absolute Gasteiger partial charge is 0.309 e. The topological polar surface area (TPSA) is 67.4 Å². The summed E-state index contributed by atoms with van der Waals surface area (Å²) in [7, 11) is 0. The number of nitrogens with zero attached hydrogens (tertiary/aromatic N) is 5. The van der Waals surface area contributed by atoms with Crippen molar-refractivity contribution in [3.05, 3.63) is 193 Å². The highest BCUT2D eigenvalue weighted by Gasteiger charge is 2.58. The quantitative estimate of drug-likeness (QED) is 0.161. The molecule has 4 aliphatic rings. The Labute approximate surface area is 356 Å². The normalized spacial score (nSPS) is 21.5. The molecule has 0 atom stereocenters. The zero-order valence-electron chi connectivity index (χ0n) is 33.8. The predicted molar refractivity (Wildman–Crippen MR) is 245 cm³/mol. The van der Waals surface area contributed by atoms with Gasteiger partial charge in [0, 0.05) is 38.6 Å². The van der Waals surface area contributed by atoms with Crippen molar-refractivity contribution in [2.75, 3.05) is 0 Å². The second-order valence-electron chi connectivity index (χ2n) is 17.6. The molecule has 0 saturated heterocycles. The highest BCUT2D eigenvalue weighted by atomic mass is 15.0. The van der Waals surface area contributed by atoms with Crippen LogP contribution in [-0.2, 0) is 5.41 Å². The first-order valence-electron chi connectivity index (χ1n) is 21.7. The maximum atomic E-state index is 9.90. The van der Waals surface area contributed by atoms with Crippen molar-refractivity contribution < 1.29 is 0 Å². The van der Waals surface area contributed by atoms with Gasteiger partial charge in [-0.3, -0.25) is 0 Å². The van der Waals surface area contributed by atoms with E-state index in [1.54, 1.807) is 0 Å². The number of fused-ring (bicyclic) bond motifs is 3. The molecule has 7 aromatic carbocycles. The number of benzene rings is 7. The minimum Gasteiger partial charge on any atom is -0.309 e. The molecular formula is C56H43N5. The fraction of sp³-hybridized carbons (Fsp3) is 0.179. The molecule has 2 heterocycles. The molecule has 5 heteroatoms. The fourth-order valence-corrected chi connectivity index (χ4v) is 12.0. The second kappa shape index (κ2) is 14.2. The van der Waals surface area contributed by atoms with Crippen molar-refractivity contribution >= 4 is 21.8 Å². The number of rotatable bonds is 7. The van der Waals surface area contributed by atoms with E-state index in [1.807, 2.05) is 48.5 Å². The molecule has 292 valence electrons. The molecule has 5 nitrogen and oxygen atoms in total. The molecule has 0 amide bonds. The number of hydrogen-bond acceptors (Lipinski definition) is 4. The average Bonchev–Trinajstić information content (AvgIpc) is 3.65. The summed E-state index contributed by atoms with van der Waals surface area (Å²) in [5, 5.41) is 12.2. The first-order chi connectivity index (χ1) is 30.1. The molecule has 0 aliphatic heterocycles. The van der Waals surface area contributed by atoms with Gasteiger partial charge in [-0.2, -0.15) is 5.26 Å². The molecule has 0 spiro atoms. The molecule has 4 saturated carbocycles. The van der Waals surface area contributed by atoms with Gasteiger partial charge < -0.3 is 4.57 Å². The summed E-state index contributed by atoms with van der Waals surface area (Å²) in [6, 6.07) is 65.1. The van der Waals surface area contributed by atoms with Crippen molar-refractivity contribution in [3.8, 4) is 57.0 Å². The Bertz CT molecular complexity index is 3060. The Hall–Kier alpha value is -7.16. The highest BCUT2D eigenvalue weighted by Crippen LogP contribution is 2.65. The average molecular weight is 786 g/mol. The molecule has 13 rings (SSSR count). The van der Waals surface area contributed by atoms with Crippen LogP contribution in [0.25, 0.3) is 72.8 Å². The van der Waals surface area contributed by atoms with Crippen LogP contribution in [0.2, 0.25) is 0 Å². The van der Waals surface area contributed by atoms with Crippen LogP contribution < -0.4 is 0 Å². The number of para-hydroxylation sites is 1. The Morgan fingerprint density at radius 3 is 1.52 bits per heavy atom. The van der Waals surface area contributed by atoms with E-state index in [4.69, 9.17) is 15.0 Å². The Morgan fingerprint density at radius 2 is 0.934 bits per heavy atom. The van der Waals surface area contributed by atoms with Gasteiger partial charge in [-0.1, -0.05) is 133 Å². The van der Waals surface area contributed by atoms with E-state index < -0.39 is 0 Å². The molecular weight excluding hydrogens is 743 g/mol. The minimum absolute atomic E-state index is 0.0827. The van der Waals surface area contributed by atoms with Crippen molar-refractivity contribution in [2.45, 2.75) is 37.5 Å². The highest BCUT2D eigenvalue weighted by molar-refractivity contribution is 6.11. The second-order valence-corrected chi connectivity index (χ2v) is 17.6. The summed E-state index contributed by atoms with van der Waals surface area (Å²) in [5.74, 6) is 4.88. The summed E-state index contributed by atoms with van der Waals surface area (Å²) in [6.07, 6.45) is 6.57. The van der Waals surface area contributed by atoms with Gasteiger partial charge in [0.25, 0.3) is 0 Å². The third-order valence-electron chi connectivity index (χ3n) is 14.3. The zero-order chi connectivity index (χ0) is 40.5. The van der Waals surface area contributed by atoms with E-state index >= 15 is 0 Å². The van der Waals surface area contributed by atoms with E-state index in [0.29, 0.717) is 34.9 Å². The molecule has 2 aromatic heterocycles. The van der Waals surface area contributed by atoms with E-state index in [0.717, 1.165) is 56.0 Å². The summed E-state index contributed by atoms with van der Waals surface area (Å²) >= 11 is 0. The lowest BCUT2D eigenvalue weighted by Crippen LogP contribution is -2.56. The SMILES string of the molecule is N#Cc1ccc2c(c1)c1cc(-c3cccc(C4(c5ccc(-c6nc(-c7ccccc7)nc(-c7ccccc7)n6)cc5)C5CC6CC(C5)CC4C6)c3)ccc1n2-c1ccccc1. The van der Waals surface area contributed by atoms with Gasteiger partial charge in [0.1, 0.15) is 0 Å². The monoisotopic (exact) mass is 785 g/mol. The first-order valence-corrected chi connectivity index (χ1v) is 21.7. The lowest BCUT2D eigenvalue weighted by Gasteiger charge is -2.62. The lowest BCUT2D eigenvalue weighted by atomic mass is 9.42. The van der Waals surface area contributed by atoms with Crippen LogP contribution in [0, 0.1) is 35.0 Å². The van der Waals surface area contributed by atoms with Crippen LogP contribution in [0.4, 0.5) is 0 Å². The van der Waals surface area contributed by atoms with E-state index in [2.05, 4.69) is 138 Å². The maximum Gasteiger partial charge on any atom is 0.164 e. The molecule has 9 aromatic rings. The van der Waals surface area contributed by atoms with Gasteiger partial charge in [-0.05, 0) is 120 Å². The molecule has 0 unspecified atom stereocenters. The molecule has 61 heavy (non-hydrogen) atoms. The molecule has 4 fully saturated rings. The Balaban J connectivity index is 0.979. The summed E-state index contributed by atoms with van der Waals surface area (Å²) in [5.41, 5.74) is 12.1. The lowest BCUT2D eigenvalue weighted by molar-refractivity contribution is -0.0418. The number of aromatic nitrogens is 4. The van der Waals surface area contributed by atoms with Gasteiger partial charge in [0.15, 0.2) is 17.5 Å². The smallest absolute Gasteiger partial charge is 0.164 e. The van der Waals surface area contributed by atoms with Crippen molar-refractivity contribution in [2.24, 2.45) is 23.7 Å². The van der Waals surface area contributed by atoms with Gasteiger partial charge in [0.05, 0.1) is 22.7 Å². The predicted octanol–water partition coefficient (Wildman–Crippen LogP) is 13.3. The summed E-state index contributed by atoms with van der Waals surface area (Å²) in [6.45, 7) is 0. The molecule has 0 radical (unpaired) electrons. The number of nitriles is 1. The maximum absolute atomic E-state index is 9.90. The van der Waals surface area contributed by atoms with Crippen LogP contribution in [0.3, 0.4) is 0 Å². The van der Waals surface area contributed by atoms with E-state index in [1.165, 1.54) is 54.4 Å². The van der Waals surface area contributed by atoms with Gasteiger partial charge in [-0.25, -0.2) is 15.0 Å². The van der Waals surface area contributed by atoms with E-state index in [9.17, 15) is 5.26 Å². The number of hydrogen-bond donors (Lipinski definition) is 0. The Kier molecular flexibility index (Phi) is 8.35. The molecule has 4 aliphatic carbocycles. The molecule has 0 N–H and O–H groups in total. The van der Waals surface area contributed by atoms with Crippen LogP contribution in [0.1, 0.15) is 48.8 Å². The Morgan fingerprint density at radius 1 is 0.443 bits per heavy atom. The molecule has 4 bridgehead atoms. The third-order valence-corrected chi connectivity index (χ3v) is 14.3. The van der Waals surface area contributed by atoms with Crippen LogP contribution in [0.15, 0.2) is 176 Å². The van der Waals surface area contributed by atoms with E-state index in [-0.39, 0.29) is 5.41 Å². The first kappa shape index (κ1) is 35.8. The summed E-state index contributed by atoms with van der Waals surface area (Å²) < 4.78 is 2.32. The summed E-state index contributed by atoms with van der Waals surface area (Å²) in [4.78, 5) is 15.1. The fourth-order valence-electron chi connectivity index (χ4n) is 12.0. The standard InChI is InChI=1S/C56H43N5/c57-35-36-19-25-51-49(32-36)50-34-43(22-26-52(50)61(51)48-17-8-3-9-18-48)42-15-10-16-45(33-42)56(46-28-37-27-38(30-46)31-47(56)29-37)44-23-20-41(21-24-44)55-59-53(39-11-4-1-5-12-39)58-54(60-55)40-13-6-2-7-14-40/h1-26,32-34,37-38,46-47H,27-31H2. The third kappa shape index (κ3) is 5.85. The van der Waals surface area contributed by atoms with Crippen LogP contribution >= 0.6 is 0 Å². The van der Waals surface area contributed by atoms with Crippen molar-refractivity contribution in [1.29, 1.82) is 5.26 Å². The minimum atomic E-state index is -0.0827. The van der Waals surface area contributed by atoms with Crippen molar-refractivity contribution in [3.63, 3.8) is 0 Å². The van der Waals surface area contributed by atoms with Gasteiger partial charge in [0.2, 0.25) is 0 Å². The zero-order valence-corrected chi connectivity index (χ0v) is 33.8. The van der Waals surface area contributed by atoms with Gasteiger partial charge in [-0.15, -0.1) is 0 Å². The van der Waals surface area contributed by atoms with Crippen LogP contribution in [0.5, 0.6) is 0 Å². The van der Waals surface area contributed by atoms with Gasteiger partial charge >= 0.3 is 0 Å². The van der Waals surface area contributed by atoms with Crippen LogP contribution in [-0.4, -0.2) is 19.5 Å².